The van der Waals surface area contributed by atoms with Crippen LogP contribution in [0.1, 0.15) is 30.2 Å². The highest BCUT2D eigenvalue weighted by atomic mass is 16.3. The van der Waals surface area contributed by atoms with Crippen molar-refractivity contribution >= 4 is 11.7 Å². The number of piperidine rings is 1. The van der Waals surface area contributed by atoms with Crippen LogP contribution in [0.4, 0.5) is 0 Å². The van der Waals surface area contributed by atoms with E-state index in [9.17, 15) is 9.59 Å². The minimum absolute atomic E-state index is 0.0893. The lowest BCUT2D eigenvalue weighted by molar-refractivity contribution is -0.146. The molecule has 1 unspecified atom stereocenters. The van der Waals surface area contributed by atoms with Crippen LogP contribution in [0, 0.1) is 0 Å². The van der Waals surface area contributed by atoms with Gasteiger partial charge in [-0.1, -0.05) is 0 Å². The van der Waals surface area contributed by atoms with Crippen molar-refractivity contribution in [1.29, 1.82) is 0 Å². The molecule has 0 aliphatic carbocycles. The van der Waals surface area contributed by atoms with Crippen LogP contribution < -0.4 is 0 Å². The second kappa shape index (κ2) is 2.95. The normalized spacial score (nSPS) is 25.1. The number of amides is 1. The maximum absolute atomic E-state index is 11.8. The fourth-order valence-corrected chi connectivity index (χ4v) is 2.44. The summed E-state index contributed by atoms with van der Waals surface area (Å²) in [6.45, 7) is 0.607. The van der Waals surface area contributed by atoms with E-state index in [2.05, 4.69) is 0 Å². The molecule has 1 saturated heterocycles. The number of fused-ring (bicyclic) bond motifs is 3. The first-order chi connectivity index (χ1) is 7.27. The number of carbonyl (C=O) groups excluding carboxylic acids is 2. The van der Waals surface area contributed by atoms with Gasteiger partial charge in [-0.2, -0.15) is 0 Å². The van der Waals surface area contributed by atoms with Crippen LogP contribution in [0.2, 0.25) is 0 Å². The van der Waals surface area contributed by atoms with Gasteiger partial charge in [0.05, 0.1) is 6.26 Å². The molecule has 0 radical (unpaired) electrons. The van der Waals surface area contributed by atoms with Gasteiger partial charge >= 0.3 is 0 Å². The summed E-state index contributed by atoms with van der Waals surface area (Å²) in [6.07, 6.45) is 3.05. The standard InChI is InChI=1S/C11H11NO3/c13-8-1-2-10(14)12-5-3-9-7(11(8)12)4-6-15-9/h4,6,11H,1-3,5H2. The van der Waals surface area contributed by atoms with Crippen molar-refractivity contribution in [2.24, 2.45) is 0 Å². The summed E-state index contributed by atoms with van der Waals surface area (Å²) in [5, 5.41) is 0. The third-order valence-electron chi connectivity index (χ3n) is 3.18. The number of nitrogens with zero attached hydrogens (tertiary/aromatic N) is 1. The Morgan fingerprint density at radius 1 is 1.27 bits per heavy atom. The molecular formula is C11H11NO3. The number of rotatable bonds is 0. The molecule has 3 heterocycles. The van der Waals surface area contributed by atoms with Crippen molar-refractivity contribution in [2.45, 2.75) is 25.3 Å². The number of hydrogen-bond acceptors (Lipinski definition) is 3. The second-order valence-corrected chi connectivity index (χ2v) is 4.01. The van der Waals surface area contributed by atoms with Gasteiger partial charge in [0, 0.05) is 31.4 Å². The van der Waals surface area contributed by atoms with Gasteiger partial charge in [0.15, 0.2) is 5.78 Å². The van der Waals surface area contributed by atoms with E-state index in [1.807, 2.05) is 6.07 Å². The Morgan fingerprint density at radius 2 is 2.13 bits per heavy atom. The average molecular weight is 205 g/mol. The molecule has 1 aromatic heterocycles. The van der Waals surface area contributed by atoms with Gasteiger partial charge in [0.2, 0.25) is 5.91 Å². The third kappa shape index (κ3) is 1.14. The first-order valence-corrected chi connectivity index (χ1v) is 5.16. The van der Waals surface area contributed by atoms with E-state index in [1.165, 1.54) is 0 Å². The molecule has 4 heteroatoms. The highest BCUT2D eigenvalue weighted by molar-refractivity contribution is 5.96. The maximum atomic E-state index is 11.8. The number of ketones is 1. The van der Waals surface area contributed by atoms with Gasteiger partial charge in [-0.05, 0) is 6.07 Å². The summed E-state index contributed by atoms with van der Waals surface area (Å²) in [7, 11) is 0. The zero-order valence-electron chi connectivity index (χ0n) is 8.23. The quantitative estimate of drug-likeness (QED) is 0.636. The third-order valence-corrected chi connectivity index (χ3v) is 3.18. The van der Waals surface area contributed by atoms with E-state index in [1.54, 1.807) is 11.2 Å². The van der Waals surface area contributed by atoms with Crippen molar-refractivity contribution in [2.75, 3.05) is 6.54 Å². The van der Waals surface area contributed by atoms with Crippen molar-refractivity contribution in [3.8, 4) is 0 Å². The summed E-state index contributed by atoms with van der Waals surface area (Å²) < 4.78 is 5.30. The Kier molecular flexibility index (Phi) is 1.71. The van der Waals surface area contributed by atoms with Gasteiger partial charge in [-0.15, -0.1) is 0 Å². The van der Waals surface area contributed by atoms with Gasteiger partial charge in [0.25, 0.3) is 0 Å². The SMILES string of the molecule is O=C1CCC(=O)N2CCc3occc3C12. The van der Waals surface area contributed by atoms with Crippen molar-refractivity contribution < 1.29 is 14.0 Å². The molecule has 1 aromatic rings. The lowest BCUT2D eigenvalue weighted by Gasteiger charge is -2.37. The molecule has 2 aliphatic rings. The highest BCUT2D eigenvalue weighted by Gasteiger charge is 2.40. The van der Waals surface area contributed by atoms with Crippen LogP contribution in [0.5, 0.6) is 0 Å². The molecule has 0 N–H and O–H groups in total. The number of hydrogen-bond donors (Lipinski definition) is 0. The predicted molar refractivity (Wildman–Crippen MR) is 51.1 cm³/mol. The molecule has 0 bridgehead atoms. The summed E-state index contributed by atoms with van der Waals surface area (Å²) in [5.74, 6) is 1.09. The van der Waals surface area contributed by atoms with E-state index in [0.29, 0.717) is 19.4 Å². The Morgan fingerprint density at radius 3 is 3.00 bits per heavy atom. The Bertz CT molecular complexity index is 435. The molecule has 4 nitrogen and oxygen atoms in total. The smallest absolute Gasteiger partial charge is 0.223 e. The number of Topliss-reactive ketones (excluding diaryl/α,β-unsaturated/α-hetero) is 1. The van der Waals surface area contributed by atoms with Gasteiger partial charge in [0.1, 0.15) is 11.8 Å². The molecule has 78 valence electrons. The van der Waals surface area contributed by atoms with Crippen LogP contribution in [0.25, 0.3) is 0 Å². The summed E-state index contributed by atoms with van der Waals surface area (Å²) >= 11 is 0. The van der Waals surface area contributed by atoms with Crippen molar-refractivity contribution in [1.82, 2.24) is 4.90 Å². The van der Waals surface area contributed by atoms with E-state index >= 15 is 0 Å². The molecule has 3 rings (SSSR count). The van der Waals surface area contributed by atoms with Crippen LogP contribution in [-0.4, -0.2) is 23.1 Å². The summed E-state index contributed by atoms with van der Waals surface area (Å²) in [5.41, 5.74) is 0.888. The largest absolute Gasteiger partial charge is 0.469 e. The zero-order valence-corrected chi connectivity index (χ0v) is 8.23. The zero-order chi connectivity index (χ0) is 10.4. The fourth-order valence-electron chi connectivity index (χ4n) is 2.44. The molecule has 1 amide bonds. The fraction of sp³-hybridized carbons (Fsp3) is 0.455. The number of furan rings is 1. The van der Waals surface area contributed by atoms with Gasteiger partial charge in [-0.3, -0.25) is 9.59 Å². The van der Waals surface area contributed by atoms with Gasteiger partial charge < -0.3 is 9.32 Å². The lowest BCUT2D eigenvalue weighted by Crippen LogP contribution is -2.46. The van der Waals surface area contributed by atoms with Crippen LogP contribution >= 0.6 is 0 Å². The van der Waals surface area contributed by atoms with E-state index < -0.39 is 0 Å². The molecule has 0 aromatic carbocycles. The Balaban J connectivity index is 2.08. The van der Waals surface area contributed by atoms with Crippen LogP contribution in [0.3, 0.4) is 0 Å². The Hall–Kier alpha value is -1.58. The second-order valence-electron chi connectivity index (χ2n) is 4.01. The Labute approximate surface area is 86.9 Å². The summed E-state index contributed by atoms with van der Waals surface area (Å²) in [6, 6.07) is 1.44. The maximum Gasteiger partial charge on any atom is 0.223 e. The molecule has 0 spiro atoms. The average Bonchev–Trinajstić information content (AvgIpc) is 2.70. The van der Waals surface area contributed by atoms with E-state index in [4.69, 9.17) is 4.42 Å². The van der Waals surface area contributed by atoms with E-state index in [0.717, 1.165) is 17.7 Å². The highest BCUT2D eigenvalue weighted by Crippen LogP contribution is 2.35. The van der Waals surface area contributed by atoms with Crippen LogP contribution in [0.15, 0.2) is 16.7 Å². The van der Waals surface area contributed by atoms with Gasteiger partial charge in [-0.25, -0.2) is 0 Å². The molecule has 15 heavy (non-hydrogen) atoms. The summed E-state index contributed by atoms with van der Waals surface area (Å²) in [4.78, 5) is 25.1. The molecular weight excluding hydrogens is 194 g/mol. The number of carbonyl (C=O) groups is 2. The topological polar surface area (TPSA) is 50.5 Å². The van der Waals surface area contributed by atoms with Crippen LogP contribution in [-0.2, 0) is 16.0 Å². The molecule has 0 saturated carbocycles. The molecule has 2 aliphatic heterocycles. The first-order valence-electron chi connectivity index (χ1n) is 5.16. The van der Waals surface area contributed by atoms with Crippen molar-refractivity contribution in [3.63, 3.8) is 0 Å². The minimum atomic E-state index is -0.367. The van der Waals surface area contributed by atoms with Crippen molar-refractivity contribution in [3.05, 3.63) is 23.7 Å². The monoisotopic (exact) mass is 205 g/mol. The predicted octanol–water partition coefficient (Wildman–Crippen LogP) is 1.07. The molecule has 1 fully saturated rings. The lowest BCUT2D eigenvalue weighted by atomic mass is 9.90. The molecule has 1 atom stereocenters. The van der Waals surface area contributed by atoms with E-state index in [-0.39, 0.29) is 17.7 Å². The minimum Gasteiger partial charge on any atom is -0.469 e. The first kappa shape index (κ1) is 8.71.